The van der Waals surface area contributed by atoms with Crippen molar-refractivity contribution < 1.29 is 17.9 Å². The summed E-state index contributed by atoms with van der Waals surface area (Å²) < 4.78 is 29.7. The number of carbonyl (C=O) groups is 1. The van der Waals surface area contributed by atoms with Crippen LogP contribution in [0, 0.1) is 0 Å². The molecule has 3 aromatic rings. The van der Waals surface area contributed by atoms with Crippen molar-refractivity contribution in [1.82, 2.24) is 10.3 Å². The quantitative estimate of drug-likeness (QED) is 0.628. The summed E-state index contributed by atoms with van der Waals surface area (Å²) in [5.74, 6) is 0.0707. The Morgan fingerprint density at radius 1 is 1.04 bits per heavy atom. The summed E-state index contributed by atoms with van der Waals surface area (Å²) in [7, 11) is -2.37. The smallest absolute Gasteiger partial charge is 0.276 e. The molecule has 0 saturated carbocycles. The van der Waals surface area contributed by atoms with Crippen molar-refractivity contribution in [2.75, 3.05) is 7.11 Å². The van der Waals surface area contributed by atoms with Crippen LogP contribution in [0.25, 0.3) is 10.4 Å². The molecule has 0 radical (unpaired) electrons. The lowest BCUT2D eigenvalue weighted by Gasteiger charge is -2.15. The Morgan fingerprint density at radius 3 is 2.50 bits per heavy atom. The highest BCUT2D eigenvalue weighted by atomic mass is 32.2. The first-order chi connectivity index (χ1) is 13.5. The number of fused-ring (bicyclic) bond motifs is 3. The fourth-order valence-electron chi connectivity index (χ4n) is 3.17. The Kier molecular flexibility index (Phi) is 4.92. The second-order valence-electron chi connectivity index (χ2n) is 6.36. The Hall–Kier alpha value is -2.68. The van der Waals surface area contributed by atoms with E-state index < -0.39 is 15.9 Å². The average molecular weight is 415 g/mol. The second-order valence-corrected chi connectivity index (χ2v) is 9.09. The molecule has 1 aromatic heterocycles. The van der Waals surface area contributed by atoms with Gasteiger partial charge in [0.15, 0.2) is 0 Å². The van der Waals surface area contributed by atoms with Crippen LogP contribution in [-0.2, 0) is 22.9 Å². The molecule has 0 fully saturated rings. The summed E-state index contributed by atoms with van der Waals surface area (Å²) in [5, 5.41) is 0. The first-order valence-corrected chi connectivity index (χ1v) is 10.9. The third-order valence-electron chi connectivity index (χ3n) is 4.63. The fraction of sp³-hybridized carbons (Fsp3) is 0.150. The number of ether oxygens (including phenoxy) is 1. The van der Waals surface area contributed by atoms with Crippen molar-refractivity contribution in [1.29, 1.82) is 0 Å². The molecule has 28 heavy (non-hydrogen) atoms. The van der Waals surface area contributed by atoms with E-state index in [-0.39, 0.29) is 4.90 Å². The Morgan fingerprint density at radius 2 is 1.75 bits per heavy atom. The minimum Gasteiger partial charge on any atom is -0.497 e. The Labute approximate surface area is 167 Å². The summed E-state index contributed by atoms with van der Waals surface area (Å²) in [6, 6.07) is 15.9. The number of hydrogen-bond donors (Lipinski definition) is 2. The van der Waals surface area contributed by atoms with Crippen molar-refractivity contribution in [3.63, 3.8) is 0 Å². The number of nitrogens with one attached hydrogen (secondary N) is 2. The molecule has 2 N–H and O–H groups in total. The van der Waals surface area contributed by atoms with Gasteiger partial charge in [0.25, 0.3) is 15.9 Å². The van der Waals surface area contributed by atoms with Crippen molar-refractivity contribution >= 4 is 27.3 Å². The summed E-state index contributed by atoms with van der Waals surface area (Å²) in [6.07, 6.45) is 1.80. The van der Waals surface area contributed by atoms with Crippen LogP contribution in [0.5, 0.6) is 5.75 Å². The van der Waals surface area contributed by atoms with Gasteiger partial charge in [0.05, 0.1) is 16.9 Å². The number of thiophene rings is 1. The first-order valence-electron chi connectivity index (χ1n) is 8.65. The highest BCUT2D eigenvalue weighted by Crippen LogP contribution is 2.39. The van der Waals surface area contributed by atoms with Crippen molar-refractivity contribution in [3.05, 3.63) is 70.6 Å². The van der Waals surface area contributed by atoms with E-state index in [1.54, 1.807) is 12.1 Å². The SMILES string of the molecule is COc1ccc(S(=O)(=O)NNC(=O)c2cc3c(s2)-c2ccccc2CC3)cc1. The van der Waals surface area contributed by atoms with Crippen LogP contribution in [0.1, 0.15) is 20.8 Å². The summed E-state index contributed by atoms with van der Waals surface area (Å²) >= 11 is 1.37. The maximum absolute atomic E-state index is 12.5. The first kappa shape index (κ1) is 18.7. The maximum Gasteiger partial charge on any atom is 0.276 e. The monoisotopic (exact) mass is 414 g/mol. The molecule has 1 heterocycles. The number of carbonyl (C=O) groups excluding carboxylic acids is 1. The molecule has 1 aliphatic rings. The van der Waals surface area contributed by atoms with Gasteiger partial charge in [-0.1, -0.05) is 24.3 Å². The van der Waals surface area contributed by atoms with E-state index in [2.05, 4.69) is 22.4 Å². The Balaban J connectivity index is 1.50. The van der Waals surface area contributed by atoms with Gasteiger partial charge in [0.1, 0.15) is 5.75 Å². The van der Waals surface area contributed by atoms with E-state index in [1.807, 2.05) is 18.2 Å². The molecule has 0 atom stereocenters. The minimum absolute atomic E-state index is 0.0352. The molecule has 1 aliphatic carbocycles. The minimum atomic E-state index is -3.87. The zero-order chi connectivity index (χ0) is 19.7. The van der Waals surface area contributed by atoms with Gasteiger partial charge in [0.2, 0.25) is 0 Å². The van der Waals surface area contributed by atoms with Gasteiger partial charge < -0.3 is 4.74 Å². The fourth-order valence-corrected chi connectivity index (χ4v) is 5.18. The van der Waals surface area contributed by atoms with E-state index in [0.29, 0.717) is 10.6 Å². The molecule has 0 saturated heterocycles. The predicted molar refractivity (Wildman–Crippen MR) is 108 cm³/mol. The lowest BCUT2D eigenvalue weighted by molar-refractivity contribution is 0.0949. The predicted octanol–water partition coefficient (Wildman–Crippen LogP) is 3.15. The van der Waals surface area contributed by atoms with Gasteiger partial charge in [-0.15, -0.1) is 16.2 Å². The van der Waals surface area contributed by atoms with Gasteiger partial charge in [-0.3, -0.25) is 10.2 Å². The average Bonchev–Trinajstić information content (AvgIpc) is 3.17. The number of amides is 1. The number of rotatable bonds is 5. The van der Waals surface area contributed by atoms with Gasteiger partial charge in [0, 0.05) is 4.88 Å². The number of aryl methyl sites for hydroxylation is 2. The van der Waals surface area contributed by atoms with Gasteiger partial charge in [-0.25, -0.2) is 8.42 Å². The molecule has 1 amide bonds. The van der Waals surface area contributed by atoms with E-state index in [0.717, 1.165) is 28.8 Å². The lowest BCUT2D eigenvalue weighted by atomic mass is 9.91. The number of methoxy groups -OCH3 is 1. The number of hydrazine groups is 1. The van der Waals surface area contributed by atoms with Gasteiger partial charge in [-0.05, 0) is 59.9 Å². The van der Waals surface area contributed by atoms with Crippen LogP contribution in [-0.4, -0.2) is 21.4 Å². The largest absolute Gasteiger partial charge is 0.497 e. The van der Waals surface area contributed by atoms with Crippen LogP contribution >= 0.6 is 11.3 Å². The summed E-state index contributed by atoms with van der Waals surface area (Å²) in [6.45, 7) is 0. The molecule has 0 bridgehead atoms. The topological polar surface area (TPSA) is 84.5 Å². The zero-order valence-electron chi connectivity index (χ0n) is 15.1. The maximum atomic E-state index is 12.5. The zero-order valence-corrected chi connectivity index (χ0v) is 16.7. The van der Waals surface area contributed by atoms with Crippen LogP contribution in [0.15, 0.2) is 59.5 Å². The van der Waals surface area contributed by atoms with E-state index in [9.17, 15) is 13.2 Å². The number of benzene rings is 2. The highest BCUT2D eigenvalue weighted by Gasteiger charge is 2.22. The molecular formula is C20H18N2O4S2. The van der Waals surface area contributed by atoms with Gasteiger partial charge >= 0.3 is 0 Å². The molecule has 8 heteroatoms. The molecule has 0 spiro atoms. The molecule has 0 unspecified atom stereocenters. The third-order valence-corrected chi connectivity index (χ3v) is 7.10. The van der Waals surface area contributed by atoms with Crippen LogP contribution < -0.4 is 15.0 Å². The van der Waals surface area contributed by atoms with Crippen molar-refractivity contribution in [3.8, 4) is 16.2 Å². The molecule has 0 aliphatic heterocycles. The van der Waals surface area contributed by atoms with E-state index in [4.69, 9.17) is 4.74 Å². The normalized spacial score (nSPS) is 12.8. The summed E-state index contributed by atoms with van der Waals surface area (Å²) in [5.41, 5.74) is 5.83. The Bertz CT molecular complexity index is 1140. The van der Waals surface area contributed by atoms with E-state index in [1.165, 1.54) is 36.1 Å². The molecule has 2 aromatic carbocycles. The number of hydrogen-bond acceptors (Lipinski definition) is 5. The highest BCUT2D eigenvalue weighted by molar-refractivity contribution is 7.89. The van der Waals surface area contributed by atoms with E-state index >= 15 is 0 Å². The van der Waals surface area contributed by atoms with Crippen molar-refractivity contribution in [2.45, 2.75) is 17.7 Å². The third kappa shape index (κ3) is 3.54. The molecule has 4 rings (SSSR count). The van der Waals surface area contributed by atoms with Crippen LogP contribution in [0.2, 0.25) is 0 Å². The van der Waals surface area contributed by atoms with Crippen LogP contribution in [0.3, 0.4) is 0 Å². The second kappa shape index (κ2) is 7.38. The number of sulfonamides is 1. The molecule has 6 nitrogen and oxygen atoms in total. The molecular weight excluding hydrogens is 396 g/mol. The standard InChI is InChI=1S/C20H18N2O4S2/c1-26-15-8-10-16(11-9-15)28(24,25)22-21-20(23)18-12-14-7-6-13-4-2-3-5-17(13)19(14)27-18/h2-5,8-12,22H,6-7H2,1H3,(H,21,23). The molecule has 144 valence electrons. The summed E-state index contributed by atoms with van der Waals surface area (Å²) in [4.78, 5) is 16.2. The lowest BCUT2D eigenvalue weighted by Crippen LogP contribution is -2.41. The van der Waals surface area contributed by atoms with Crippen LogP contribution in [0.4, 0.5) is 0 Å². The van der Waals surface area contributed by atoms with Crippen molar-refractivity contribution in [2.24, 2.45) is 0 Å². The van der Waals surface area contributed by atoms with Gasteiger partial charge in [-0.2, -0.15) is 0 Å².